The van der Waals surface area contributed by atoms with Crippen molar-refractivity contribution in [2.75, 3.05) is 0 Å². The molecule has 0 heterocycles. The van der Waals surface area contributed by atoms with Gasteiger partial charge in [-0.2, -0.15) is 0 Å². The third kappa shape index (κ3) is 5.43. The monoisotopic (exact) mass is 101 g/mol. The van der Waals surface area contributed by atoms with Gasteiger partial charge in [0, 0.05) is 6.92 Å². The molecule has 0 aliphatic rings. The lowest BCUT2D eigenvalue weighted by Gasteiger charge is -2.02. The predicted octanol–water partition coefficient (Wildman–Crippen LogP) is -0.759. The molecule has 0 aliphatic carbocycles. The fraction of sp³-hybridized carbons (Fsp3) is 0.500. The topological polar surface area (TPSA) is 55.1 Å². The first-order valence-electron chi connectivity index (χ1n) is 2.01. The largest absolute Gasteiger partial charge is 0.341 e. The Morgan fingerprint density at radius 1 is 2.00 bits per heavy atom. The minimum absolute atomic E-state index is 0.287. The molecule has 3 N–H and O–H groups in total. The Balaban J connectivity index is 3.13. The first kappa shape index (κ1) is 6.43. The second kappa shape index (κ2) is 2.58. The molecule has 1 unspecified atom stereocenters. The van der Waals surface area contributed by atoms with Gasteiger partial charge < -0.3 is 11.1 Å². The highest BCUT2D eigenvalue weighted by Gasteiger charge is 1.91. The molecule has 3 nitrogen and oxygen atoms in total. The molecule has 41 valence electrons. The lowest BCUT2D eigenvalue weighted by molar-refractivity contribution is -0.117. The van der Waals surface area contributed by atoms with Crippen molar-refractivity contribution in [3.63, 3.8) is 0 Å². The standard InChI is InChI=1S/C4H9N2O/c1-3(5)6-4(2)7/h3H,2,5H2,1H3,(H,6,7). The summed E-state index contributed by atoms with van der Waals surface area (Å²) in [6.45, 7) is 4.72. The molecule has 0 aromatic heterocycles. The van der Waals surface area contributed by atoms with Crippen molar-refractivity contribution in [3.05, 3.63) is 6.92 Å². The van der Waals surface area contributed by atoms with E-state index in [2.05, 4.69) is 12.2 Å². The fourth-order valence-electron chi connectivity index (χ4n) is 0.254. The highest BCUT2D eigenvalue weighted by atomic mass is 16.1. The normalized spacial score (nSPS) is 13.0. The molecule has 1 atom stereocenters. The summed E-state index contributed by atoms with van der Waals surface area (Å²) in [5.74, 6) is -0.338. The van der Waals surface area contributed by atoms with Gasteiger partial charge in [-0.25, -0.2) is 0 Å². The number of hydrogen-bond acceptors (Lipinski definition) is 2. The zero-order chi connectivity index (χ0) is 5.86. The minimum atomic E-state index is -0.338. The molecule has 1 amide bonds. The van der Waals surface area contributed by atoms with Gasteiger partial charge in [0.05, 0.1) is 6.17 Å². The van der Waals surface area contributed by atoms with Gasteiger partial charge in [0.2, 0.25) is 5.91 Å². The summed E-state index contributed by atoms with van der Waals surface area (Å²) in [5.41, 5.74) is 5.12. The van der Waals surface area contributed by atoms with Gasteiger partial charge in [0.1, 0.15) is 0 Å². The summed E-state index contributed by atoms with van der Waals surface area (Å²) < 4.78 is 0. The van der Waals surface area contributed by atoms with Crippen LogP contribution in [0.1, 0.15) is 6.92 Å². The molecule has 0 aromatic carbocycles. The molecule has 0 aromatic rings. The van der Waals surface area contributed by atoms with Crippen LogP contribution in [0.2, 0.25) is 0 Å². The Hall–Kier alpha value is -0.570. The minimum Gasteiger partial charge on any atom is -0.341 e. The highest BCUT2D eigenvalue weighted by Crippen LogP contribution is 1.62. The first-order chi connectivity index (χ1) is 3.13. The van der Waals surface area contributed by atoms with E-state index in [1.807, 2.05) is 0 Å². The molecule has 0 aliphatic heterocycles. The van der Waals surface area contributed by atoms with Gasteiger partial charge in [-0.1, -0.05) is 0 Å². The predicted molar refractivity (Wildman–Crippen MR) is 27.1 cm³/mol. The Morgan fingerprint density at radius 3 is 2.43 bits per heavy atom. The average Bonchev–Trinajstić information content (AvgIpc) is 1.27. The molecular weight excluding hydrogens is 92.1 g/mol. The van der Waals surface area contributed by atoms with Crippen LogP contribution >= 0.6 is 0 Å². The number of carbonyl (C=O) groups excluding carboxylic acids is 1. The van der Waals surface area contributed by atoms with Gasteiger partial charge in [0.25, 0.3) is 0 Å². The van der Waals surface area contributed by atoms with E-state index in [1.54, 1.807) is 6.92 Å². The van der Waals surface area contributed by atoms with Gasteiger partial charge in [0.15, 0.2) is 0 Å². The van der Waals surface area contributed by atoms with E-state index < -0.39 is 0 Å². The van der Waals surface area contributed by atoms with Crippen molar-refractivity contribution >= 4 is 5.91 Å². The van der Waals surface area contributed by atoms with Gasteiger partial charge >= 0.3 is 0 Å². The van der Waals surface area contributed by atoms with Crippen LogP contribution in [-0.2, 0) is 4.79 Å². The van der Waals surface area contributed by atoms with Crippen molar-refractivity contribution < 1.29 is 4.79 Å². The van der Waals surface area contributed by atoms with Crippen LogP contribution in [-0.4, -0.2) is 12.1 Å². The second-order valence-corrected chi connectivity index (χ2v) is 1.36. The van der Waals surface area contributed by atoms with Crippen LogP contribution in [0.3, 0.4) is 0 Å². The Labute approximate surface area is 42.9 Å². The molecular formula is C4H9N2O. The Morgan fingerprint density at radius 2 is 2.43 bits per heavy atom. The lowest BCUT2D eigenvalue weighted by Crippen LogP contribution is -2.37. The van der Waals surface area contributed by atoms with Crippen molar-refractivity contribution in [2.24, 2.45) is 5.73 Å². The van der Waals surface area contributed by atoms with Gasteiger partial charge in [-0.3, -0.25) is 4.79 Å². The smallest absolute Gasteiger partial charge is 0.221 e. The molecule has 0 fully saturated rings. The molecule has 7 heavy (non-hydrogen) atoms. The second-order valence-electron chi connectivity index (χ2n) is 1.36. The summed E-state index contributed by atoms with van der Waals surface area (Å²) >= 11 is 0. The molecule has 0 bridgehead atoms. The van der Waals surface area contributed by atoms with Crippen LogP contribution in [0.4, 0.5) is 0 Å². The molecule has 3 heteroatoms. The number of nitrogens with two attached hydrogens (primary N) is 1. The first-order valence-corrected chi connectivity index (χ1v) is 2.01. The maximum absolute atomic E-state index is 9.95. The van der Waals surface area contributed by atoms with Crippen molar-refractivity contribution in [1.29, 1.82) is 0 Å². The van der Waals surface area contributed by atoms with Crippen molar-refractivity contribution in [1.82, 2.24) is 5.32 Å². The van der Waals surface area contributed by atoms with Crippen LogP contribution in [0, 0.1) is 6.92 Å². The van der Waals surface area contributed by atoms with E-state index in [1.165, 1.54) is 0 Å². The van der Waals surface area contributed by atoms with Crippen LogP contribution in [0.15, 0.2) is 0 Å². The highest BCUT2D eigenvalue weighted by molar-refractivity contribution is 5.80. The summed E-state index contributed by atoms with van der Waals surface area (Å²) in [6, 6.07) is 0. The quantitative estimate of drug-likeness (QED) is 0.427. The van der Waals surface area contributed by atoms with E-state index in [4.69, 9.17) is 5.73 Å². The van der Waals surface area contributed by atoms with Gasteiger partial charge in [-0.05, 0) is 6.92 Å². The van der Waals surface area contributed by atoms with Crippen molar-refractivity contribution in [2.45, 2.75) is 13.1 Å². The van der Waals surface area contributed by atoms with Crippen LogP contribution < -0.4 is 11.1 Å². The number of amides is 1. The van der Waals surface area contributed by atoms with Crippen LogP contribution in [0.25, 0.3) is 0 Å². The maximum atomic E-state index is 9.95. The molecule has 0 saturated carbocycles. The molecule has 0 rings (SSSR count). The van der Waals surface area contributed by atoms with E-state index in [0.29, 0.717) is 0 Å². The third-order valence-corrected chi connectivity index (χ3v) is 0.389. The van der Waals surface area contributed by atoms with Gasteiger partial charge in [-0.15, -0.1) is 0 Å². The maximum Gasteiger partial charge on any atom is 0.221 e. The Kier molecular flexibility index (Phi) is 2.37. The number of hydrogen-bond donors (Lipinski definition) is 2. The van der Waals surface area contributed by atoms with E-state index in [-0.39, 0.29) is 12.1 Å². The summed E-state index contributed by atoms with van der Waals surface area (Å²) in [7, 11) is 0. The summed E-state index contributed by atoms with van der Waals surface area (Å²) in [5, 5.41) is 2.33. The number of carbonyl (C=O) groups is 1. The summed E-state index contributed by atoms with van der Waals surface area (Å²) in [4.78, 5) is 9.95. The number of rotatable bonds is 1. The van der Waals surface area contributed by atoms with E-state index in [0.717, 1.165) is 0 Å². The Bertz CT molecular complexity index is 70.1. The molecule has 0 spiro atoms. The number of nitrogens with one attached hydrogen (secondary N) is 1. The molecule has 1 radical (unpaired) electrons. The molecule has 0 saturated heterocycles. The fourth-order valence-corrected chi connectivity index (χ4v) is 0.254. The van der Waals surface area contributed by atoms with E-state index in [9.17, 15) is 4.79 Å². The third-order valence-electron chi connectivity index (χ3n) is 0.389. The summed E-state index contributed by atoms with van der Waals surface area (Å²) in [6.07, 6.45) is -0.287. The average molecular weight is 101 g/mol. The van der Waals surface area contributed by atoms with Crippen molar-refractivity contribution in [3.8, 4) is 0 Å². The van der Waals surface area contributed by atoms with Crippen LogP contribution in [0.5, 0.6) is 0 Å². The zero-order valence-corrected chi connectivity index (χ0v) is 4.27. The zero-order valence-electron chi connectivity index (χ0n) is 4.27. The lowest BCUT2D eigenvalue weighted by atomic mass is 10.5. The van der Waals surface area contributed by atoms with E-state index >= 15 is 0 Å². The SMILES string of the molecule is [CH2]C(=O)NC(C)N.